The van der Waals surface area contributed by atoms with Crippen LogP contribution in [0.1, 0.15) is 42.7 Å². The van der Waals surface area contributed by atoms with Gasteiger partial charge in [0.25, 0.3) is 0 Å². The van der Waals surface area contributed by atoms with Gasteiger partial charge in [-0.3, -0.25) is 4.79 Å². The molecular formula is C15H20N4O. The van der Waals surface area contributed by atoms with Gasteiger partial charge < -0.3 is 5.32 Å². The molecule has 1 aromatic heterocycles. The highest BCUT2D eigenvalue weighted by molar-refractivity contribution is 5.73. The molecule has 0 saturated carbocycles. The molecule has 0 unspecified atom stereocenters. The Hall–Kier alpha value is -2.17. The van der Waals surface area contributed by atoms with Gasteiger partial charge >= 0.3 is 0 Å². The van der Waals surface area contributed by atoms with Gasteiger partial charge in [0.1, 0.15) is 5.82 Å². The van der Waals surface area contributed by atoms with Crippen molar-refractivity contribution >= 4 is 5.91 Å². The largest absolute Gasteiger partial charge is 0.347 e. The molecule has 0 aliphatic heterocycles. The third-order valence-corrected chi connectivity index (χ3v) is 3.14. The molecule has 5 heteroatoms. The summed E-state index contributed by atoms with van der Waals surface area (Å²) in [4.78, 5) is 15.7. The van der Waals surface area contributed by atoms with Crippen LogP contribution in [0.2, 0.25) is 0 Å². The maximum atomic E-state index is 11.2. The van der Waals surface area contributed by atoms with Gasteiger partial charge in [-0.1, -0.05) is 12.1 Å². The normalized spacial score (nSPS) is 12.2. The molecule has 0 radical (unpaired) electrons. The van der Waals surface area contributed by atoms with Crippen molar-refractivity contribution in [1.82, 2.24) is 20.1 Å². The summed E-state index contributed by atoms with van der Waals surface area (Å²) < 4.78 is 1.82. The van der Waals surface area contributed by atoms with Crippen LogP contribution >= 0.6 is 0 Å². The predicted molar refractivity (Wildman–Crippen MR) is 77.8 cm³/mol. The monoisotopic (exact) mass is 272 g/mol. The minimum absolute atomic E-state index is 0.0781. The Bertz CT molecular complexity index is 645. The van der Waals surface area contributed by atoms with E-state index in [4.69, 9.17) is 0 Å². The lowest BCUT2D eigenvalue weighted by Gasteiger charge is -2.15. The number of hydrogen-bond donors (Lipinski definition) is 1. The fourth-order valence-electron chi connectivity index (χ4n) is 2.21. The van der Waals surface area contributed by atoms with Gasteiger partial charge in [0.05, 0.1) is 11.7 Å². The zero-order chi connectivity index (χ0) is 14.9. The summed E-state index contributed by atoms with van der Waals surface area (Å²) in [6, 6.07) is 6.02. The maximum absolute atomic E-state index is 11.2. The summed E-state index contributed by atoms with van der Waals surface area (Å²) in [5.74, 6) is 1.36. The summed E-state index contributed by atoms with van der Waals surface area (Å²) >= 11 is 0. The van der Waals surface area contributed by atoms with Crippen LogP contribution in [0.5, 0.6) is 0 Å². The van der Waals surface area contributed by atoms with E-state index in [-0.39, 0.29) is 11.9 Å². The molecule has 0 spiro atoms. The first kappa shape index (κ1) is 14.2. The Morgan fingerprint density at radius 3 is 2.65 bits per heavy atom. The smallest absolute Gasteiger partial charge is 0.217 e. The third-order valence-electron chi connectivity index (χ3n) is 3.14. The highest BCUT2D eigenvalue weighted by Gasteiger charge is 2.18. The predicted octanol–water partition coefficient (Wildman–Crippen LogP) is 2.39. The highest BCUT2D eigenvalue weighted by atomic mass is 16.1. The quantitative estimate of drug-likeness (QED) is 0.933. The van der Waals surface area contributed by atoms with Crippen molar-refractivity contribution in [3.05, 3.63) is 41.0 Å². The number of aryl methyl sites for hydroxylation is 3. The molecule has 0 aliphatic carbocycles. The molecule has 5 nitrogen and oxygen atoms in total. The van der Waals surface area contributed by atoms with E-state index >= 15 is 0 Å². The topological polar surface area (TPSA) is 59.8 Å². The second-order valence-corrected chi connectivity index (χ2v) is 5.14. The number of hydrogen-bond acceptors (Lipinski definition) is 3. The lowest BCUT2D eigenvalue weighted by atomic mass is 10.1. The number of carbonyl (C=O) groups is 1. The molecule has 1 N–H and O–H groups in total. The molecule has 20 heavy (non-hydrogen) atoms. The van der Waals surface area contributed by atoms with E-state index in [1.54, 1.807) is 0 Å². The number of nitrogens with one attached hydrogen (secondary N) is 1. The molecule has 0 saturated heterocycles. The van der Waals surface area contributed by atoms with Crippen LogP contribution in [0, 0.1) is 20.8 Å². The van der Waals surface area contributed by atoms with Crippen LogP contribution in [0.25, 0.3) is 5.69 Å². The molecule has 1 amide bonds. The van der Waals surface area contributed by atoms with E-state index in [1.807, 2.05) is 32.4 Å². The zero-order valence-corrected chi connectivity index (χ0v) is 12.6. The van der Waals surface area contributed by atoms with Gasteiger partial charge in [-0.25, -0.2) is 9.67 Å². The van der Waals surface area contributed by atoms with Crippen LogP contribution in [0.4, 0.5) is 0 Å². The number of carbonyl (C=O) groups excluding carboxylic acids is 1. The SMILES string of the molecule is CC(=O)N[C@@H](C)c1nc(C)nn1-c1cc(C)ccc1C. The van der Waals surface area contributed by atoms with Crippen molar-refractivity contribution in [2.45, 2.75) is 40.7 Å². The molecular weight excluding hydrogens is 252 g/mol. The minimum Gasteiger partial charge on any atom is -0.347 e. The third kappa shape index (κ3) is 2.87. The number of rotatable bonds is 3. The highest BCUT2D eigenvalue weighted by Crippen LogP contribution is 2.20. The fourth-order valence-corrected chi connectivity index (χ4v) is 2.21. The van der Waals surface area contributed by atoms with Crippen molar-refractivity contribution in [2.75, 3.05) is 0 Å². The summed E-state index contributed by atoms with van der Waals surface area (Å²) in [6.45, 7) is 9.35. The summed E-state index contributed by atoms with van der Waals surface area (Å²) in [5, 5.41) is 7.32. The maximum Gasteiger partial charge on any atom is 0.217 e. The van der Waals surface area contributed by atoms with Gasteiger partial charge in [0.2, 0.25) is 5.91 Å². The van der Waals surface area contributed by atoms with Crippen LogP contribution in [-0.4, -0.2) is 20.7 Å². The zero-order valence-electron chi connectivity index (χ0n) is 12.6. The molecule has 1 heterocycles. The first-order valence-corrected chi connectivity index (χ1v) is 6.66. The van der Waals surface area contributed by atoms with E-state index in [0.29, 0.717) is 5.82 Å². The Balaban J connectivity index is 2.51. The van der Waals surface area contributed by atoms with Crippen LogP contribution in [-0.2, 0) is 4.79 Å². The van der Waals surface area contributed by atoms with E-state index in [0.717, 1.165) is 22.6 Å². The van der Waals surface area contributed by atoms with Crippen molar-refractivity contribution < 1.29 is 4.79 Å². The molecule has 0 aliphatic rings. The van der Waals surface area contributed by atoms with Gasteiger partial charge in [-0.2, -0.15) is 5.10 Å². The molecule has 2 rings (SSSR count). The molecule has 2 aromatic rings. The fraction of sp³-hybridized carbons (Fsp3) is 0.400. The summed E-state index contributed by atoms with van der Waals surface area (Å²) in [6.07, 6.45) is 0. The lowest BCUT2D eigenvalue weighted by Crippen LogP contribution is -2.26. The number of amides is 1. The molecule has 0 fully saturated rings. The van der Waals surface area contributed by atoms with Gasteiger partial charge in [0.15, 0.2) is 5.82 Å². The summed E-state index contributed by atoms with van der Waals surface area (Å²) in [5.41, 5.74) is 3.28. The number of aromatic nitrogens is 3. The Labute approximate surface area is 119 Å². The van der Waals surface area contributed by atoms with Gasteiger partial charge in [0, 0.05) is 6.92 Å². The number of nitrogens with zero attached hydrogens (tertiary/aromatic N) is 3. The summed E-state index contributed by atoms with van der Waals surface area (Å²) in [7, 11) is 0. The van der Waals surface area contributed by atoms with Crippen molar-refractivity contribution in [3.63, 3.8) is 0 Å². The van der Waals surface area contributed by atoms with Crippen molar-refractivity contribution in [2.24, 2.45) is 0 Å². The molecule has 1 atom stereocenters. The van der Waals surface area contributed by atoms with Crippen LogP contribution < -0.4 is 5.32 Å². The first-order chi connectivity index (χ1) is 9.38. The number of benzene rings is 1. The average Bonchev–Trinajstić information content (AvgIpc) is 2.73. The standard InChI is InChI=1S/C15H20N4O/c1-9-6-7-10(2)14(8-9)19-15(17-12(4)18-19)11(3)16-13(5)20/h6-8,11H,1-5H3,(H,16,20)/t11-/m0/s1. The Morgan fingerprint density at radius 1 is 1.30 bits per heavy atom. The second kappa shape index (κ2) is 5.45. The molecule has 106 valence electrons. The van der Waals surface area contributed by atoms with E-state index in [9.17, 15) is 4.79 Å². The first-order valence-electron chi connectivity index (χ1n) is 6.66. The van der Waals surface area contributed by atoms with Gasteiger partial charge in [-0.05, 0) is 44.9 Å². The lowest BCUT2D eigenvalue weighted by molar-refractivity contribution is -0.119. The Morgan fingerprint density at radius 2 is 2.00 bits per heavy atom. The molecule has 0 bridgehead atoms. The van der Waals surface area contributed by atoms with Crippen molar-refractivity contribution in [3.8, 4) is 5.69 Å². The minimum atomic E-state index is -0.186. The van der Waals surface area contributed by atoms with Crippen LogP contribution in [0.15, 0.2) is 18.2 Å². The Kier molecular flexibility index (Phi) is 3.88. The van der Waals surface area contributed by atoms with Crippen molar-refractivity contribution in [1.29, 1.82) is 0 Å². The molecule has 1 aromatic carbocycles. The van der Waals surface area contributed by atoms with Gasteiger partial charge in [-0.15, -0.1) is 0 Å². The van der Waals surface area contributed by atoms with E-state index in [2.05, 4.69) is 33.6 Å². The van der Waals surface area contributed by atoms with E-state index in [1.165, 1.54) is 6.92 Å². The van der Waals surface area contributed by atoms with Crippen LogP contribution in [0.3, 0.4) is 0 Å². The van der Waals surface area contributed by atoms with E-state index < -0.39 is 0 Å². The average molecular weight is 272 g/mol. The second-order valence-electron chi connectivity index (χ2n) is 5.14.